The molecule has 7 heteroatoms. The number of nitrogens with two attached hydrogens (primary N) is 1. The third-order valence-electron chi connectivity index (χ3n) is 2.57. The average Bonchev–Trinajstić information content (AvgIpc) is 2.13. The molecule has 7 nitrogen and oxygen atoms in total. The maximum atomic E-state index is 12.0. The molecule has 0 saturated heterocycles. The molecule has 0 aliphatic rings. The Balaban J connectivity index is 3.54. The van der Waals surface area contributed by atoms with Gasteiger partial charge in [0.25, 0.3) is 5.56 Å². The minimum atomic E-state index is -1.10. The first-order valence-electron chi connectivity index (χ1n) is 5.31. The number of Topliss-reactive ketones (excluding diaryl/α,β-unsaturated/α-hetero) is 1. The fourth-order valence-corrected chi connectivity index (χ4v) is 1.78. The lowest BCUT2D eigenvalue weighted by Gasteiger charge is -2.25. The summed E-state index contributed by atoms with van der Waals surface area (Å²) < 4.78 is 0.842. The molecule has 1 aromatic rings. The SMILES string of the molecule is CC(=O)c1c[nH]c(=O)n(C(C)(C)CC(N)=O)c1=O. The normalized spacial score (nSPS) is 11.3. The molecular weight excluding hydrogens is 238 g/mol. The maximum absolute atomic E-state index is 12.0. The summed E-state index contributed by atoms with van der Waals surface area (Å²) in [4.78, 5) is 48.2. The lowest BCUT2D eigenvalue weighted by Crippen LogP contribution is -2.49. The van der Waals surface area contributed by atoms with E-state index in [1.54, 1.807) is 0 Å². The monoisotopic (exact) mass is 253 g/mol. The Morgan fingerprint density at radius 1 is 1.39 bits per heavy atom. The van der Waals surface area contributed by atoms with Crippen molar-refractivity contribution >= 4 is 11.7 Å². The number of amides is 1. The van der Waals surface area contributed by atoms with E-state index in [0.717, 1.165) is 10.8 Å². The van der Waals surface area contributed by atoms with Gasteiger partial charge in [-0.3, -0.25) is 19.0 Å². The van der Waals surface area contributed by atoms with Gasteiger partial charge >= 0.3 is 5.69 Å². The Kier molecular flexibility index (Phi) is 3.54. The van der Waals surface area contributed by atoms with Crippen molar-refractivity contribution < 1.29 is 9.59 Å². The smallest absolute Gasteiger partial charge is 0.328 e. The second kappa shape index (κ2) is 4.59. The van der Waals surface area contributed by atoms with Crippen LogP contribution in [0.5, 0.6) is 0 Å². The fraction of sp³-hybridized carbons (Fsp3) is 0.455. The minimum absolute atomic E-state index is 0.132. The van der Waals surface area contributed by atoms with E-state index in [1.165, 1.54) is 20.8 Å². The van der Waals surface area contributed by atoms with Gasteiger partial charge in [0, 0.05) is 12.6 Å². The van der Waals surface area contributed by atoms with Crippen molar-refractivity contribution in [3.8, 4) is 0 Å². The zero-order valence-electron chi connectivity index (χ0n) is 10.4. The molecule has 0 saturated carbocycles. The molecule has 0 spiro atoms. The molecule has 0 aromatic carbocycles. The van der Waals surface area contributed by atoms with Crippen LogP contribution in [-0.4, -0.2) is 21.2 Å². The number of aromatic amines is 1. The summed E-state index contributed by atoms with van der Waals surface area (Å²) in [5.41, 5.74) is 2.44. The van der Waals surface area contributed by atoms with Gasteiger partial charge in [0.15, 0.2) is 5.78 Å². The highest BCUT2D eigenvalue weighted by atomic mass is 16.2. The third-order valence-corrected chi connectivity index (χ3v) is 2.57. The summed E-state index contributed by atoms with van der Waals surface area (Å²) in [6.45, 7) is 4.27. The molecular formula is C11H15N3O4. The van der Waals surface area contributed by atoms with Crippen molar-refractivity contribution in [3.05, 3.63) is 32.6 Å². The molecule has 1 heterocycles. The molecule has 0 unspecified atom stereocenters. The quantitative estimate of drug-likeness (QED) is 0.693. The molecule has 0 atom stereocenters. The number of rotatable bonds is 4. The van der Waals surface area contributed by atoms with Crippen LogP contribution in [0.2, 0.25) is 0 Å². The standard InChI is InChI=1S/C11H15N3O4/c1-6(15)7-5-13-10(18)14(9(7)17)11(2,3)4-8(12)16/h5H,4H2,1-3H3,(H2,12,16)(H,13,18). The van der Waals surface area contributed by atoms with Crippen molar-refractivity contribution in [3.63, 3.8) is 0 Å². The number of nitrogens with one attached hydrogen (secondary N) is 1. The van der Waals surface area contributed by atoms with Crippen LogP contribution in [0.4, 0.5) is 0 Å². The van der Waals surface area contributed by atoms with Gasteiger partial charge in [-0.15, -0.1) is 0 Å². The van der Waals surface area contributed by atoms with Gasteiger partial charge in [-0.1, -0.05) is 0 Å². The van der Waals surface area contributed by atoms with Crippen LogP contribution in [0.1, 0.15) is 37.6 Å². The van der Waals surface area contributed by atoms with Crippen molar-refractivity contribution in [1.82, 2.24) is 9.55 Å². The number of carbonyl (C=O) groups is 2. The summed E-state index contributed by atoms with van der Waals surface area (Å²) in [6, 6.07) is 0. The van der Waals surface area contributed by atoms with Gasteiger partial charge in [-0.05, 0) is 20.8 Å². The Bertz CT molecular complexity index is 609. The van der Waals surface area contributed by atoms with E-state index in [9.17, 15) is 19.2 Å². The first kappa shape index (κ1) is 13.9. The van der Waals surface area contributed by atoms with Crippen LogP contribution < -0.4 is 17.0 Å². The molecule has 18 heavy (non-hydrogen) atoms. The highest BCUT2D eigenvalue weighted by Crippen LogP contribution is 2.14. The van der Waals surface area contributed by atoms with E-state index in [0.29, 0.717) is 0 Å². The van der Waals surface area contributed by atoms with Crippen molar-refractivity contribution in [1.29, 1.82) is 0 Å². The Morgan fingerprint density at radius 3 is 2.39 bits per heavy atom. The Hall–Kier alpha value is -2.18. The first-order valence-corrected chi connectivity index (χ1v) is 5.31. The van der Waals surface area contributed by atoms with Gasteiger partial charge in [0.1, 0.15) is 0 Å². The number of carbonyl (C=O) groups excluding carboxylic acids is 2. The van der Waals surface area contributed by atoms with Gasteiger partial charge in [0.2, 0.25) is 5.91 Å². The largest absolute Gasteiger partial charge is 0.370 e. The number of aromatic nitrogens is 2. The van der Waals surface area contributed by atoms with E-state index in [-0.39, 0.29) is 12.0 Å². The third kappa shape index (κ3) is 2.55. The van der Waals surface area contributed by atoms with Crippen molar-refractivity contribution in [2.24, 2.45) is 5.73 Å². The topological polar surface area (TPSA) is 115 Å². The summed E-state index contributed by atoms with van der Waals surface area (Å²) >= 11 is 0. The average molecular weight is 253 g/mol. The lowest BCUT2D eigenvalue weighted by atomic mass is 9.99. The number of H-pyrrole nitrogens is 1. The van der Waals surface area contributed by atoms with Crippen LogP contribution in [0.15, 0.2) is 15.8 Å². The molecule has 1 amide bonds. The van der Waals surface area contributed by atoms with Crippen LogP contribution in [-0.2, 0) is 10.3 Å². The van der Waals surface area contributed by atoms with E-state index >= 15 is 0 Å². The minimum Gasteiger partial charge on any atom is -0.370 e. The predicted octanol–water partition coefficient (Wildman–Crippen LogP) is -0.650. The summed E-state index contributed by atoms with van der Waals surface area (Å²) in [7, 11) is 0. The van der Waals surface area contributed by atoms with Gasteiger partial charge in [0.05, 0.1) is 11.1 Å². The molecule has 98 valence electrons. The number of hydrogen-bond acceptors (Lipinski definition) is 4. The van der Waals surface area contributed by atoms with E-state index < -0.39 is 28.5 Å². The predicted molar refractivity (Wildman–Crippen MR) is 64.5 cm³/mol. The van der Waals surface area contributed by atoms with E-state index in [2.05, 4.69) is 4.98 Å². The molecule has 1 rings (SSSR count). The summed E-state index contributed by atoms with van der Waals surface area (Å²) in [5, 5.41) is 0. The summed E-state index contributed by atoms with van der Waals surface area (Å²) in [5.74, 6) is -1.10. The molecule has 0 bridgehead atoms. The first-order chi connectivity index (χ1) is 8.16. The van der Waals surface area contributed by atoms with Crippen LogP contribution in [0.25, 0.3) is 0 Å². The van der Waals surface area contributed by atoms with E-state index in [1.807, 2.05) is 0 Å². The van der Waals surface area contributed by atoms with Gasteiger partial charge < -0.3 is 10.7 Å². The highest BCUT2D eigenvalue weighted by Gasteiger charge is 2.27. The molecule has 0 radical (unpaired) electrons. The number of ketones is 1. The molecule has 0 aliphatic heterocycles. The summed E-state index contributed by atoms with van der Waals surface area (Å²) in [6.07, 6.45) is 0.890. The second-order valence-corrected chi connectivity index (χ2v) is 4.66. The van der Waals surface area contributed by atoms with Crippen molar-refractivity contribution in [2.75, 3.05) is 0 Å². The number of hydrogen-bond donors (Lipinski definition) is 2. The second-order valence-electron chi connectivity index (χ2n) is 4.66. The molecule has 0 fully saturated rings. The van der Waals surface area contributed by atoms with Gasteiger partial charge in [-0.2, -0.15) is 0 Å². The highest BCUT2D eigenvalue weighted by molar-refractivity contribution is 5.93. The zero-order valence-corrected chi connectivity index (χ0v) is 10.4. The number of nitrogens with zero attached hydrogens (tertiary/aromatic N) is 1. The molecule has 1 aromatic heterocycles. The van der Waals surface area contributed by atoms with Crippen LogP contribution >= 0.6 is 0 Å². The van der Waals surface area contributed by atoms with Gasteiger partial charge in [-0.25, -0.2) is 4.79 Å². The van der Waals surface area contributed by atoms with Crippen LogP contribution in [0.3, 0.4) is 0 Å². The maximum Gasteiger partial charge on any atom is 0.328 e. The Labute approximate surface area is 103 Å². The number of primary amides is 1. The van der Waals surface area contributed by atoms with Crippen LogP contribution in [0, 0.1) is 0 Å². The molecule has 0 aliphatic carbocycles. The zero-order chi connectivity index (χ0) is 14.1. The van der Waals surface area contributed by atoms with Crippen molar-refractivity contribution in [2.45, 2.75) is 32.7 Å². The van der Waals surface area contributed by atoms with E-state index in [4.69, 9.17) is 5.73 Å². The lowest BCUT2D eigenvalue weighted by molar-refractivity contribution is -0.119. The molecule has 3 N–H and O–H groups in total. The fourth-order valence-electron chi connectivity index (χ4n) is 1.78. The Morgan fingerprint density at radius 2 is 1.94 bits per heavy atom.